The van der Waals surface area contributed by atoms with Crippen LogP contribution in [0, 0.1) is 13.8 Å². The normalized spacial score (nSPS) is 12.7. The van der Waals surface area contributed by atoms with Crippen molar-refractivity contribution in [1.82, 2.24) is 10.2 Å². The SMILES string of the molecule is CCOP(=O)(OCC)C(Nc1nnc(-c2cc(C)cc(C)c2)s1)c1ccc(Cl)cc1Cl. The Morgan fingerprint density at radius 2 is 1.68 bits per heavy atom. The van der Waals surface area contributed by atoms with Crippen molar-refractivity contribution in [2.75, 3.05) is 18.5 Å². The van der Waals surface area contributed by atoms with Crippen LogP contribution in [0.25, 0.3) is 10.6 Å². The van der Waals surface area contributed by atoms with Crippen molar-refractivity contribution in [3.8, 4) is 10.6 Å². The summed E-state index contributed by atoms with van der Waals surface area (Å²) in [5.41, 5.74) is 3.80. The van der Waals surface area contributed by atoms with Gasteiger partial charge in [0, 0.05) is 21.2 Å². The van der Waals surface area contributed by atoms with E-state index in [4.69, 9.17) is 32.2 Å². The van der Waals surface area contributed by atoms with Gasteiger partial charge in [-0.05, 0) is 52.0 Å². The zero-order chi connectivity index (χ0) is 22.6. The van der Waals surface area contributed by atoms with E-state index < -0.39 is 13.4 Å². The molecule has 166 valence electrons. The summed E-state index contributed by atoms with van der Waals surface area (Å²) in [6.07, 6.45) is 0. The van der Waals surface area contributed by atoms with E-state index in [9.17, 15) is 4.57 Å². The van der Waals surface area contributed by atoms with Crippen LogP contribution >= 0.6 is 42.1 Å². The van der Waals surface area contributed by atoms with Crippen LogP contribution in [0.3, 0.4) is 0 Å². The Kier molecular flexibility index (Phi) is 8.14. The number of nitrogens with one attached hydrogen (secondary N) is 1. The van der Waals surface area contributed by atoms with Gasteiger partial charge in [0.2, 0.25) is 5.13 Å². The molecule has 1 unspecified atom stereocenters. The zero-order valence-electron chi connectivity index (χ0n) is 17.7. The first-order valence-corrected chi connectivity index (χ1v) is 13.0. The number of halogens is 2. The summed E-state index contributed by atoms with van der Waals surface area (Å²) in [6, 6.07) is 11.2. The van der Waals surface area contributed by atoms with Crippen LogP contribution in [-0.2, 0) is 13.6 Å². The summed E-state index contributed by atoms with van der Waals surface area (Å²) < 4.78 is 24.9. The molecule has 0 saturated heterocycles. The Labute approximate surface area is 196 Å². The average Bonchev–Trinajstić information content (AvgIpc) is 3.15. The Morgan fingerprint density at radius 1 is 1.03 bits per heavy atom. The van der Waals surface area contributed by atoms with E-state index in [2.05, 4.69) is 33.7 Å². The van der Waals surface area contributed by atoms with Crippen molar-refractivity contribution in [2.45, 2.75) is 33.5 Å². The molecule has 1 aromatic heterocycles. The van der Waals surface area contributed by atoms with Crippen molar-refractivity contribution in [1.29, 1.82) is 0 Å². The molecule has 0 aliphatic carbocycles. The van der Waals surface area contributed by atoms with Gasteiger partial charge in [0.05, 0.1) is 13.2 Å². The van der Waals surface area contributed by atoms with E-state index in [0.29, 0.717) is 20.7 Å². The molecule has 1 atom stereocenters. The quantitative estimate of drug-likeness (QED) is 0.307. The second-order valence-corrected chi connectivity index (χ2v) is 10.8. The van der Waals surface area contributed by atoms with Crippen molar-refractivity contribution in [3.63, 3.8) is 0 Å². The summed E-state index contributed by atoms with van der Waals surface area (Å²) in [6.45, 7) is 8.02. The number of hydrogen-bond donors (Lipinski definition) is 1. The fourth-order valence-corrected chi connectivity index (χ4v) is 6.59. The third-order valence-electron chi connectivity index (χ3n) is 4.35. The fraction of sp³-hybridized carbons (Fsp3) is 0.333. The lowest BCUT2D eigenvalue weighted by Crippen LogP contribution is -2.15. The molecule has 0 saturated carbocycles. The van der Waals surface area contributed by atoms with E-state index in [1.807, 2.05) is 13.8 Å². The molecule has 0 spiro atoms. The molecule has 0 aliphatic rings. The minimum absolute atomic E-state index is 0.213. The van der Waals surface area contributed by atoms with Crippen LogP contribution in [0.4, 0.5) is 5.13 Å². The number of nitrogens with zero attached hydrogens (tertiary/aromatic N) is 2. The van der Waals surface area contributed by atoms with E-state index in [1.165, 1.54) is 11.3 Å². The Morgan fingerprint density at radius 3 is 2.26 bits per heavy atom. The maximum absolute atomic E-state index is 13.7. The van der Waals surface area contributed by atoms with Crippen LogP contribution in [0.15, 0.2) is 36.4 Å². The van der Waals surface area contributed by atoms with Gasteiger partial charge in [-0.2, -0.15) is 0 Å². The smallest absolute Gasteiger partial charge is 0.342 e. The molecule has 3 aromatic rings. The number of aromatic nitrogens is 2. The fourth-order valence-electron chi connectivity index (χ4n) is 3.21. The minimum Gasteiger partial charge on any atom is -0.342 e. The van der Waals surface area contributed by atoms with Gasteiger partial charge in [0.25, 0.3) is 0 Å². The molecule has 10 heteroatoms. The van der Waals surface area contributed by atoms with E-state index in [1.54, 1.807) is 32.0 Å². The highest BCUT2D eigenvalue weighted by molar-refractivity contribution is 7.54. The molecule has 1 N–H and O–H groups in total. The average molecular weight is 500 g/mol. The van der Waals surface area contributed by atoms with E-state index in [0.717, 1.165) is 21.7 Å². The first-order chi connectivity index (χ1) is 14.8. The summed E-state index contributed by atoms with van der Waals surface area (Å²) in [4.78, 5) is 0. The highest BCUT2D eigenvalue weighted by atomic mass is 35.5. The molecule has 0 bridgehead atoms. The third kappa shape index (κ3) is 5.86. The molecule has 6 nitrogen and oxygen atoms in total. The van der Waals surface area contributed by atoms with E-state index in [-0.39, 0.29) is 13.2 Å². The van der Waals surface area contributed by atoms with Gasteiger partial charge in [0.1, 0.15) is 5.01 Å². The molecule has 0 aliphatic heterocycles. The van der Waals surface area contributed by atoms with Gasteiger partial charge in [-0.15, -0.1) is 10.2 Å². The van der Waals surface area contributed by atoms with E-state index >= 15 is 0 Å². The predicted octanol–water partition coefficient (Wildman–Crippen LogP) is 7.51. The number of anilines is 1. The maximum atomic E-state index is 13.7. The topological polar surface area (TPSA) is 73.3 Å². The lowest BCUT2D eigenvalue weighted by Gasteiger charge is -2.27. The first kappa shape index (κ1) is 24.2. The molecule has 0 fully saturated rings. The Bertz CT molecular complexity index is 1080. The molecular weight excluding hydrogens is 476 g/mol. The summed E-state index contributed by atoms with van der Waals surface area (Å²) in [7, 11) is -3.64. The standard InChI is InChI=1S/C21H24Cl2N3O3PS/c1-5-28-30(27,29-6-2)19(17-8-7-16(22)12-18(17)23)24-21-26-25-20(31-21)15-10-13(3)9-14(4)11-15/h7-12,19H,5-6H2,1-4H3,(H,24,26). The van der Waals surface area contributed by atoms with Crippen molar-refractivity contribution in [3.05, 3.63) is 63.1 Å². The molecule has 31 heavy (non-hydrogen) atoms. The van der Waals surface area contributed by atoms with Crippen LogP contribution < -0.4 is 5.32 Å². The number of hydrogen-bond acceptors (Lipinski definition) is 7. The van der Waals surface area contributed by atoms with Gasteiger partial charge in [-0.1, -0.05) is 57.8 Å². The maximum Gasteiger partial charge on any atom is 0.357 e. The summed E-state index contributed by atoms with van der Waals surface area (Å²) in [5, 5.41) is 13.8. The number of benzene rings is 2. The Balaban J connectivity index is 2.01. The molecule has 3 rings (SSSR count). The summed E-state index contributed by atoms with van der Waals surface area (Å²) >= 11 is 13.9. The van der Waals surface area contributed by atoms with Gasteiger partial charge in [-0.25, -0.2) is 0 Å². The van der Waals surface area contributed by atoms with Gasteiger partial charge < -0.3 is 14.4 Å². The number of aryl methyl sites for hydroxylation is 2. The lowest BCUT2D eigenvalue weighted by atomic mass is 10.1. The van der Waals surface area contributed by atoms with Crippen LogP contribution in [-0.4, -0.2) is 23.4 Å². The van der Waals surface area contributed by atoms with Gasteiger partial charge >= 0.3 is 7.60 Å². The van der Waals surface area contributed by atoms with Crippen LogP contribution in [0.5, 0.6) is 0 Å². The zero-order valence-corrected chi connectivity index (χ0v) is 20.9. The van der Waals surface area contributed by atoms with Crippen molar-refractivity contribution < 1.29 is 13.6 Å². The predicted molar refractivity (Wildman–Crippen MR) is 129 cm³/mol. The monoisotopic (exact) mass is 499 g/mol. The highest BCUT2D eigenvalue weighted by Gasteiger charge is 2.39. The second-order valence-electron chi connectivity index (χ2n) is 6.88. The molecule has 1 heterocycles. The van der Waals surface area contributed by atoms with Crippen molar-refractivity contribution >= 4 is 47.3 Å². The summed E-state index contributed by atoms with van der Waals surface area (Å²) in [5.74, 6) is -0.878. The minimum atomic E-state index is -3.64. The van der Waals surface area contributed by atoms with Gasteiger partial charge in [-0.3, -0.25) is 4.57 Å². The molecule has 0 amide bonds. The second kappa shape index (κ2) is 10.4. The lowest BCUT2D eigenvalue weighted by molar-refractivity contribution is 0.214. The van der Waals surface area contributed by atoms with Crippen molar-refractivity contribution in [2.24, 2.45) is 0 Å². The first-order valence-electron chi connectivity index (χ1n) is 9.78. The highest BCUT2D eigenvalue weighted by Crippen LogP contribution is 2.61. The van der Waals surface area contributed by atoms with Gasteiger partial charge in [0.15, 0.2) is 5.78 Å². The van der Waals surface area contributed by atoms with Crippen LogP contribution in [0.1, 0.15) is 36.3 Å². The molecule has 0 radical (unpaired) electrons. The van der Waals surface area contributed by atoms with Crippen LogP contribution in [0.2, 0.25) is 10.0 Å². The largest absolute Gasteiger partial charge is 0.357 e. The molecule has 2 aromatic carbocycles. The molecular formula is C21H24Cl2N3O3PS. The Hall–Kier alpha value is -1.47. The third-order valence-corrected chi connectivity index (χ3v) is 8.09. The number of rotatable bonds is 9.